The van der Waals surface area contributed by atoms with Crippen LogP contribution in [0.1, 0.15) is 5.56 Å². The number of H-pyrrole nitrogens is 1. The van der Waals surface area contributed by atoms with E-state index in [1.807, 2.05) is 36.9 Å². The molecule has 112 valence electrons. The SMILES string of the molecule is C(=C/c1cnccc1-c1cn[nH]c1)/Nc1ccc2ccsc2c1. The monoisotopic (exact) mass is 318 g/mol. The number of nitrogens with zero attached hydrogens (tertiary/aromatic N) is 2. The maximum atomic E-state index is 4.21. The van der Waals surface area contributed by atoms with Gasteiger partial charge in [0.1, 0.15) is 0 Å². The van der Waals surface area contributed by atoms with Crippen LogP contribution < -0.4 is 5.32 Å². The molecular formula is C18H14N4S. The van der Waals surface area contributed by atoms with E-state index in [1.54, 1.807) is 17.5 Å². The first kappa shape index (κ1) is 13.7. The van der Waals surface area contributed by atoms with Gasteiger partial charge in [-0.25, -0.2) is 0 Å². The molecule has 23 heavy (non-hydrogen) atoms. The van der Waals surface area contributed by atoms with E-state index in [2.05, 4.69) is 50.1 Å². The predicted octanol–water partition coefficient (Wildman–Crippen LogP) is 4.77. The second-order valence-electron chi connectivity index (χ2n) is 5.10. The van der Waals surface area contributed by atoms with Crippen LogP contribution in [0, 0.1) is 0 Å². The molecule has 0 unspecified atom stereocenters. The number of aromatic nitrogens is 3. The van der Waals surface area contributed by atoms with Crippen LogP contribution in [0.3, 0.4) is 0 Å². The van der Waals surface area contributed by atoms with Crippen molar-refractivity contribution in [2.24, 2.45) is 0 Å². The van der Waals surface area contributed by atoms with Gasteiger partial charge in [0.05, 0.1) is 6.20 Å². The van der Waals surface area contributed by atoms with Crippen molar-refractivity contribution in [2.75, 3.05) is 5.32 Å². The van der Waals surface area contributed by atoms with Crippen LogP contribution in [0.25, 0.3) is 27.3 Å². The molecule has 0 spiro atoms. The van der Waals surface area contributed by atoms with Crippen LogP contribution >= 0.6 is 11.3 Å². The minimum absolute atomic E-state index is 1.04. The van der Waals surface area contributed by atoms with Gasteiger partial charge in [0.2, 0.25) is 0 Å². The molecule has 2 N–H and O–H groups in total. The Morgan fingerprint density at radius 1 is 1.13 bits per heavy atom. The molecule has 0 saturated heterocycles. The molecule has 0 atom stereocenters. The fraction of sp³-hybridized carbons (Fsp3) is 0. The molecular weight excluding hydrogens is 304 g/mol. The van der Waals surface area contributed by atoms with Gasteiger partial charge in [-0.2, -0.15) is 5.10 Å². The van der Waals surface area contributed by atoms with Crippen molar-refractivity contribution in [3.8, 4) is 11.1 Å². The van der Waals surface area contributed by atoms with Crippen molar-refractivity contribution in [3.63, 3.8) is 0 Å². The molecule has 0 aliphatic carbocycles. The molecule has 4 nitrogen and oxygen atoms in total. The lowest BCUT2D eigenvalue weighted by molar-refractivity contribution is 1.09. The Hall–Kier alpha value is -2.92. The molecule has 0 amide bonds. The summed E-state index contributed by atoms with van der Waals surface area (Å²) < 4.78 is 1.28. The molecule has 1 aromatic carbocycles. The van der Waals surface area contributed by atoms with Gasteiger partial charge >= 0.3 is 0 Å². The van der Waals surface area contributed by atoms with E-state index in [9.17, 15) is 0 Å². The summed E-state index contributed by atoms with van der Waals surface area (Å²) >= 11 is 1.75. The summed E-state index contributed by atoms with van der Waals surface area (Å²) in [5, 5.41) is 13.6. The number of anilines is 1. The van der Waals surface area contributed by atoms with E-state index in [4.69, 9.17) is 0 Å². The normalized spacial score (nSPS) is 11.3. The molecule has 0 aliphatic rings. The largest absolute Gasteiger partial charge is 0.362 e. The highest BCUT2D eigenvalue weighted by Crippen LogP contribution is 2.25. The highest BCUT2D eigenvalue weighted by atomic mass is 32.1. The molecule has 0 aliphatic heterocycles. The summed E-state index contributed by atoms with van der Waals surface area (Å²) in [7, 11) is 0. The van der Waals surface area contributed by atoms with Crippen molar-refractivity contribution in [3.05, 3.63) is 72.3 Å². The maximum Gasteiger partial charge on any atom is 0.0566 e. The zero-order valence-electron chi connectivity index (χ0n) is 12.2. The summed E-state index contributed by atoms with van der Waals surface area (Å²) in [6.07, 6.45) is 11.3. The third-order valence-corrected chi connectivity index (χ3v) is 4.51. The molecule has 0 fully saturated rings. The van der Waals surface area contributed by atoms with Gasteiger partial charge in [-0.15, -0.1) is 11.3 Å². The van der Waals surface area contributed by atoms with Gasteiger partial charge in [0.25, 0.3) is 0 Å². The first-order chi connectivity index (χ1) is 11.4. The Kier molecular flexibility index (Phi) is 3.62. The fourth-order valence-electron chi connectivity index (χ4n) is 2.47. The topological polar surface area (TPSA) is 53.6 Å². The maximum absolute atomic E-state index is 4.21. The summed E-state index contributed by atoms with van der Waals surface area (Å²) in [6.45, 7) is 0. The summed E-state index contributed by atoms with van der Waals surface area (Å²) in [4.78, 5) is 4.21. The molecule has 0 bridgehead atoms. The highest BCUT2D eigenvalue weighted by Gasteiger charge is 2.03. The number of fused-ring (bicyclic) bond motifs is 1. The van der Waals surface area contributed by atoms with Gasteiger partial charge in [0.15, 0.2) is 0 Å². The average molecular weight is 318 g/mol. The Morgan fingerprint density at radius 3 is 3.04 bits per heavy atom. The lowest BCUT2D eigenvalue weighted by Crippen LogP contribution is -1.88. The van der Waals surface area contributed by atoms with Gasteiger partial charge in [-0.1, -0.05) is 6.07 Å². The molecule has 4 rings (SSSR count). The highest BCUT2D eigenvalue weighted by molar-refractivity contribution is 7.17. The molecule has 5 heteroatoms. The first-order valence-corrected chi connectivity index (χ1v) is 8.12. The number of hydrogen-bond acceptors (Lipinski definition) is 4. The first-order valence-electron chi connectivity index (χ1n) is 7.24. The Bertz CT molecular complexity index is 954. The van der Waals surface area contributed by atoms with E-state index in [0.29, 0.717) is 0 Å². The summed E-state index contributed by atoms with van der Waals surface area (Å²) in [6, 6.07) is 10.5. The third-order valence-electron chi connectivity index (χ3n) is 3.63. The van der Waals surface area contributed by atoms with Crippen LogP contribution in [-0.4, -0.2) is 15.2 Å². The van der Waals surface area contributed by atoms with Crippen molar-refractivity contribution >= 4 is 33.2 Å². The number of pyridine rings is 1. The lowest BCUT2D eigenvalue weighted by atomic mass is 10.1. The number of aromatic amines is 1. The van der Waals surface area contributed by atoms with E-state index >= 15 is 0 Å². The summed E-state index contributed by atoms with van der Waals surface area (Å²) in [5.74, 6) is 0. The van der Waals surface area contributed by atoms with Crippen LogP contribution in [-0.2, 0) is 0 Å². The van der Waals surface area contributed by atoms with Crippen LogP contribution in [0.4, 0.5) is 5.69 Å². The lowest BCUT2D eigenvalue weighted by Gasteiger charge is -2.04. The minimum atomic E-state index is 1.04. The standard InChI is InChI=1S/C18H14N4S/c1-2-16(9-18-13(1)5-8-23-18)20-7-3-14-10-19-6-4-17(14)15-11-21-22-12-15/h1-12,20H,(H,21,22)/b7-3-. The average Bonchev–Trinajstić information content (AvgIpc) is 3.26. The van der Waals surface area contributed by atoms with E-state index < -0.39 is 0 Å². The van der Waals surface area contributed by atoms with Gasteiger partial charge in [-0.3, -0.25) is 10.1 Å². The number of hydrogen-bond donors (Lipinski definition) is 2. The number of nitrogens with one attached hydrogen (secondary N) is 2. The van der Waals surface area contributed by atoms with Crippen molar-refractivity contribution in [1.82, 2.24) is 15.2 Å². The van der Waals surface area contributed by atoms with Crippen molar-refractivity contribution in [1.29, 1.82) is 0 Å². The number of rotatable bonds is 4. The molecule has 0 radical (unpaired) electrons. The van der Waals surface area contributed by atoms with Gasteiger partial charge < -0.3 is 5.32 Å². The van der Waals surface area contributed by atoms with Gasteiger partial charge in [0, 0.05) is 46.3 Å². The van der Waals surface area contributed by atoms with Crippen molar-refractivity contribution in [2.45, 2.75) is 0 Å². The molecule has 3 aromatic heterocycles. The van der Waals surface area contributed by atoms with E-state index in [-0.39, 0.29) is 0 Å². The van der Waals surface area contributed by atoms with Crippen molar-refractivity contribution < 1.29 is 0 Å². The Morgan fingerprint density at radius 2 is 2.13 bits per heavy atom. The summed E-state index contributed by atoms with van der Waals surface area (Å²) in [5.41, 5.74) is 4.26. The number of thiophene rings is 1. The zero-order valence-corrected chi connectivity index (χ0v) is 13.0. The van der Waals surface area contributed by atoms with Gasteiger partial charge in [-0.05, 0) is 46.7 Å². The third kappa shape index (κ3) is 2.86. The smallest absolute Gasteiger partial charge is 0.0566 e. The van der Waals surface area contributed by atoms with E-state index in [1.165, 1.54) is 10.1 Å². The molecule has 3 heterocycles. The molecule has 4 aromatic rings. The Labute approximate surface area is 137 Å². The van der Waals surface area contributed by atoms with Crippen LogP contribution in [0.2, 0.25) is 0 Å². The number of benzene rings is 1. The van der Waals surface area contributed by atoms with Crippen LogP contribution in [0.5, 0.6) is 0 Å². The second-order valence-corrected chi connectivity index (χ2v) is 6.05. The fourth-order valence-corrected chi connectivity index (χ4v) is 3.30. The minimum Gasteiger partial charge on any atom is -0.362 e. The van der Waals surface area contributed by atoms with E-state index in [0.717, 1.165) is 22.4 Å². The quantitative estimate of drug-likeness (QED) is 0.570. The predicted molar refractivity (Wildman–Crippen MR) is 96.3 cm³/mol. The molecule has 0 saturated carbocycles. The van der Waals surface area contributed by atoms with Crippen LogP contribution in [0.15, 0.2) is 66.7 Å². The zero-order chi connectivity index (χ0) is 15.5. The second kappa shape index (κ2) is 6.06. The Balaban J connectivity index is 1.57.